The Hall–Kier alpha value is -1.51. The van der Waals surface area contributed by atoms with Gasteiger partial charge in [-0.3, -0.25) is 4.68 Å². The quantitative estimate of drug-likeness (QED) is 0.798. The first kappa shape index (κ1) is 13.5. The third-order valence-corrected chi connectivity index (χ3v) is 4.41. The van der Waals surface area contributed by atoms with Gasteiger partial charge in [-0.15, -0.1) is 0 Å². The highest BCUT2D eigenvalue weighted by Crippen LogP contribution is 2.36. The summed E-state index contributed by atoms with van der Waals surface area (Å²) in [6.07, 6.45) is 3.88. The van der Waals surface area contributed by atoms with Gasteiger partial charge in [-0.1, -0.05) is 20.8 Å². The standard InChI is InChI=1S/C17H25N3/c1-12-9-10-13(2)19(12)16-11-15(17(3,4)5)20(18-16)14-7-6-8-14/h9-11,14H,6-8H2,1-5H3. The van der Waals surface area contributed by atoms with E-state index in [2.05, 4.69) is 62.1 Å². The molecule has 20 heavy (non-hydrogen) atoms. The highest BCUT2D eigenvalue weighted by atomic mass is 15.4. The molecule has 2 aromatic heterocycles. The molecule has 2 aromatic rings. The number of hydrogen-bond donors (Lipinski definition) is 0. The van der Waals surface area contributed by atoms with Crippen molar-refractivity contribution in [1.29, 1.82) is 0 Å². The van der Waals surface area contributed by atoms with Crippen molar-refractivity contribution in [3.63, 3.8) is 0 Å². The Balaban J connectivity index is 2.12. The number of aromatic nitrogens is 3. The first-order valence-electron chi connectivity index (χ1n) is 7.63. The van der Waals surface area contributed by atoms with Gasteiger partial charge in [0, 0.05) is 28.6 Å². The van der Waals surface area contributed by atoms with Crippen LogP contribution in [0, 0.1) is 13.8 Å². The van der Waals surface area contributed by atoms with E-state index < -0.39 is 0 Å². The molecule has 0 bridgehead atoms. The Morgan fingerprint density at radius 3 is 2.15 bits per heavy atom. The van der Waals surface area contributed by atoms with Crippen molar-refractivity contribution in [3.8, 4) is 5.82 Å². The lowest BCUT2D eigenvalue weighted by Gasteiger charge is -2.31. The van der Waals surface area contributed by atoms with Crippen molar-refractivity contribution in [3.05, 3.63) is 35.3 Å². The molecule has 3 heteroatoms. The topological polar surface area (TPSA) is 22.8 Å². The minimum absolute atomic E-state index is 0.135. The van der Waals surface area contributed by atoms with E-state index in [-0.39, 0.29) is 5.41 Å². The Kier molecular flexibility index (Phi) is 3.03. The predicted octanol–water partition coefficient (Wildman–Crippen LogP) is 4.31. The van der Waals surface area contributed by atoms with Gasteiger partial charge in [0.25, 0.3) is 0 Å². The fourth-order valence-electron chi connectivity index (χ4n) is 2.99. The van der Waals surface area contributed by atoms with Gasteiger partial charge in [-0.2, -0.15) is 5.10 Å². The van der Waals surface area contributed by atoms with Crippen LogP contribution in [0.3, 0.4) is 0 Å². The van der Waals surface area contributed by atoms with E-state index in [1.165, 1.54) is 36.3 Å². The smallest absolute Gasteiger partial charge is 0.159 e. The fourth-order valence-corrected chi connectivity index (χ4v) is 2.99. The van der Waals surface area contributed by atoms with Gasteiger partial charge in [-0.25, -0.2) is 0 Å². The molecule has 108 valence electrons. The Morgan fingerprint density at radius 1 is 1.10 bits per heavy atom. The summed E-state index contributed by atoms with van der Waals surface area (Å²) >= 11 is 0. The molecule has 1 fully saturated rings. The zero-order chi connectivity index (χ0) is 14.5. The van der Waals surface area contributed by atoms with Gasteiger partial charge < -0.3 is 4.57 Å². The van der Waals surface area contributed by atoms with Gasteiger partial charge in [0.2, 0.25) is 0 Å². The molecule has 0 unspecified atom stereocenters. The summed E-state index contributed by atoms with van der Waals surface area (Å²) in [5, 5.41) is 4.94. The van der Waals surface area contributed by atoms with Crippen LogP contribution in [-0.4, -0.2) is 14.3 Å². The van der Waals surface area contributed by atoms with Crippen LogP contribution >= 0.6 is 0 Å². The number of hydrogen-bond acceptors (Lipinski definition) is 1. The summed E-state index contributed by atoms with van der Waals surface area (Å²) in [7, 11) is 0. The van der Waals surface area contributed by atoms with Crippen LogP contribution in [0.25, 0.3) is 5.82 Å². The summed E-state index contributed by atoms with van der Waals surface area (Å²) in [6, 6.07) is 7.20. The third kappa shape index (κ3) is 2.09. The van der Waals surface area contributed by atoms with Gasteiger partial charge in [0.1, 0.15) is 0 Å². The van der Waals surface area contributed by atoms with Gasteiger partial charge in [0.15, 0.2) is 5.82 Å². The van der Waals surface area contributed by atoms with Crippen LogP contribution in [0.15, 0.2) is 18.2 Å². The molecule has 1 saturated carbocycles. The summed E-state index contributed by atoms with van der Waals surface area (Å²) in [4.78, 5) is 0. The molecule has 0 atom stereocenters. The van der Waals surface area contributed by atoms with Crippen molar-refractivity contribution < 1.29 is 0 Å². The molecule has 0 amide bonds. The van der Waals surface area contributed by atoms with Gasteiger partial charge in [-0.05, 0) is 45.2 Å². The Bertz CT molecular complexity index is 602. The fraction of sp³-hybridized carbons (Fsp3) is 0.588. The molecular weight excluding hydrogens is 246 g/mol. The minimum Gasteiger partial charge on any atom is -0.302 e. The van der Waals surface area contributed by atoms with Crippen molar-refractivity contribution in [2.45, 2.75) is 65.3 Å². The van der Waals surface area contributed by atoms with Crippen LogP contribution in [0.1, 0.15) is 63.2 Å². The van der Waals surface area contributed by atoms with Crippen LogP contribution in [0.5, 0.6) is 0 Å². The second-order valence-corrected chi connectivity index (χ2v) is 7.12. The van der Waals surface area contributed by atoms with Crippen molar-refractivity contribution >= 4 is 0 Å². The van der Waals surface area contributed by atoms with E-state index in [0.717, 1.165) is 5.82 Å². The first-order chi connectivity index (χ1) is 9.38. The van der Waals surface area contributed by atoms with E-state index in [9.17, 15) is 0 Å². The van der Waals surface area contributed by atoms with E-state index in [4.69, 9.17) is 5.10 Å². The minimum atomic E-state index is 0.135. The molecule has 1 aliphatic carbocycles. The van der Waals surface area contributed by atoms with Crippen molar-refractivity contribution in [2.75, 3.05) is 0 Å². The van der Waals surface area contributed by atoms with E-state index in [1.54, 1.807) is 0 Å². The average molecular weight is 271 g/mol. The Labute approximate surface area is 121 Å². The second-order valence-electron chi connectivity index (χ2n) is 7.12. The normalized spacial score (nSPS) is 16.4. The van der Waals surface area contributed by atoms with Crippen molar-refractivity contribution in [2.24, 2.45) is 0 Å². The molecule has 0 spiro atoms. The molecule has 0 aliphatic heterocycles. The largest absolute Gasteiger partial charge is 0.302 e. The zero-order valence-corrected chi connectivity index (χ0v) is 13.3. The van der Waals surface area contributed by atoms with Gasteiger partial charge in [0.05, 0.1) is 6.04 Å². The van der Waals surface area contributed by atoms with Crippen LogP contribution in [0.2, 0.25) is 0 Å². The monoisotopic (exact) mass is 271 g/mol. The number of rotatable bonds is 2. The summed E-state index contributed by atoms with van der Waals surface area (Å²) in [6.45, 7) is 11.1. The molecule has 0 N–H and O–H groups in total. The number of nitrogens with zero attached hydrogens (tertiary/aromatic N) is 3. The van der Waals surface area contributed by atoms with E-state index >= 15 is 0 Å². The summed E-state index contributed by atoms with van der Waals surface area (Å²) in [5.74, 6) is 1.07. The molecule has 0 saturated heterocycles. The molecule has 0 radical (unpaired) electrons. The zero-order valence-electron chi connectivity index (χ0n) is 13.3. The molecule has 3 nitrogen and oxygen atoms in total. The molecule has 3 rings (SSSR count). The lowest BCUT2D eigenvalue weighted by Crippen LogP contribution is -2.25. The third-order valence-electron chi connectivity index (χ3n) is 4.41. The highest BCUT2D eigenvalue weighted by molar-refractivity contribution is 5.35. The molecule has 0 aromatic carbocycles. The Morgan fingerprint density at radius 2 is 1.70 bits per heavy atom. The maximum atomic E-state index is 4.94. The lowest BCUT2D eigenvalue weighted by atomic mass is 9.88. The molecule has 1 aliphatic rings. The maximum Gasteiger partial charge on any atom is 0.159 e. The van der Waals surface area contributed by atoms with E-state index in [1.807, 2.05) is 0 Å². The lowest BCUT2D eigenvalue weighted by molar-refractivity contribution is 0.271. The molecular formula is C17H25N3. The second kappa shape index (κ2) is 4.51. The summed E-state index contributed by atoms with van der Waals surface area (Å²) < 4.78 is 4.54. The highest BCUT2D eigenvalue weighted by Gasteiger charge is 2.29. The van der Waals surface area contributed by atoms with Gasteiger partial charge >= 0.3 is 0 Å². The maximum absolute atomic E-state index is 4.94. The van der Waals surface area contributed by atoms with Crippen LogP contribution in [0.4, 0.5) is 0 Å². The first-order valence-corrected chi connectivity index (χ1v) is 7.63. The van der Waals surface area contributed by atoms with Crippen LogP contribution < -0.4 is 0 Å². The molecule has 2 heterocycles. The summed E-state index contributed by atoms with van der Waals surface area (Å²) in [5.41, 5.74) is 3.99. The SMILES string of the molecule is Cc1ccc(C)n1-c1cc(C(C)(C)C)n(C2CCC2)n1. The average Bonchev–Trinajstić information content (AvgIpc) is 2.80. The van der Waals surface area contributed by atoms with Crippen LogP contribution in [-0.2, 0) is 5.41 Å². The van der Waals surface area contributed by atoms with Crippen molar-refractivity contribution in [1.82, 2.24) is 14.3 Å². The number of aryl methyl sites for hydroxylation is 2. The van der Waals surface area contributed by atoms with E-state index in [0.29, 0.717) is 6.04 Å². The predicted molar refractivity (Wildman–Crippen MR) is 82.6 cm³/mol.